The fourth-order valence-corrected chi connectivity index (χ4v) is 3.53. The van der Waals surface area contributed by atoms with E-state index in [-0.39, 0.29) is 11.8 Å². The molecule has 0 saturated carbocycles. The number of nitrogens with one attached hydrogen (secondary N) is 3. The van der Waals surface area contributed by atoms with Gasteiger partial charge in [-0.1, -0.05) is 6.07 Å². The van der Waals surface area contributed by atoms with Crippen molar-refractivity contribution in [3.05, 3.63) is 46.3 Å². The van der Waals surface area contributed by atoms with Crippen molar-refractivity contribution in [3.63, 3.8) is 0 Å². The maximum absolute atomic E-state index is 12.8. The van der Waals surface area contributed by atoms with Gasteiger partial charge in [-0.15, -0.1) is 0 Å². The fourth-order valence-electron chi connectivity index (χ4n) is 3.53. The lowest BCUT2D eigenvalue weighted by atomic mass is 10.0. The van der Waals surface area contributed by atoms with E-state index in [2.05, 4.69) is 20.8 Å². The number of hydrogen-bond acceptors (Lipinski definition) is 5. The van der Waals surface area contributed by atoms with E-state index in [1.807, 2.05) is 6.92 Å². The van der Waals surface area contributed by atoms with Gasteiger partial charge < -0.3 is 20.3 Å². The minimum Gasteiger partial charge on any atom is -0.378 e. The van der Waals surface area contributed by atoms with E-state index >= 15 is 0 Å². The highest BCUT2D eigenvalue weighted by Crippen LogP contribution is 2.23. The molecule has 8 heteroatoms. The van der Waals surface area contributed by atoms with Crippen LogP contribution in [-0.4, -0.2) is 59.8 Å². The van der Waals surface area contributed by atoms with E-state index in [1.54, 1.807) is 23.1 Å². The molecule has 4 rings (SSSR count). The molecule has 1 aromatic heterocycles. The first-order valence-electron chi connectivity index (χ1n) is 9.20. The number of fused-ring (bicyclic) bond motifs is 1. The number of aromatic nitrogens is 2. The molecule has 1 saturated heterocycles. The monoisotopic (exact) mass is 369 g/mol. The van der Waals surface area contributed by atoms with Crippen molar-refractivity contribution in [2.45, 2.75) is 19.9 Å². The van der Waals surface area contributed by atoms with Gasteiger partial charge in [0.1, 0.15) is 0 Å². The van der Waals surface area contributed by atoms with E-state index in [4.69, 9.17) is 4.74 Å². The number of ether oxygens (including phenoxy) is 1. The van der Waals surface area contributed by atoms with Gasteiger partial charge >= 0.3 is 0 Å². The largest absolute Gasteiger partial charge is 0.378 e. The smallest absolute Gasteiger partial charge is 0.276 e. The molecule has 0 atom stereocenters. The number of hydrogen-bond donors (Lipinski definition) is 3. The third-order valence-corrected chi connectivity index (χ3v) is 5.13. The zero-order chi connectivity index (χ0) is 18.8. The number of rotatable bonds is 3. The summed E-state index contributed by atoms with van der Waals surface area (Å²) in [5, 5.41) is 13.3. The lowest BCUT2D eigenvalue weighted by molar-refractivity contribution is 0.0302. The first kappa shape index (κ1) is 17.7. The Morgan fingerprint density at radius 2 is 2.07 bits per heavy atom. The zero-order valence-corrected chi connectivity index (χ0v) is 15.3. The van der Waals surface area contributed by atoms with Gasteiger partial charge in [0.15, 0.2) is 5.69 Å². The lowest BCUT2D eigenvalue weighted by Gasteiger charge is -2.27. The summed E-state index contributed by atoms with van der Waals surface area (Å²) in [7, 11) is 0. The Morgan fingerprint density at radius 3 is 2.89 bits per heavy atom. The average molecular weight is 369 g/mol. The fraction of sp³-hybridized carbons (Fsp3) is 0.421. The van der Waals surface area contributed by atoms with Gasteiger partial charge in [0, 0.05) is 55.1 Å². The van der Waals surface area contributed by atoms with Crippen LogP contribution >= 0.6 is 0 Å². The molecular weight excluding hydrogens is 346 g/mol. The maximum Gasteiger partial charge on any atom is 0.276 e. The number of anilines is 1. The van der Waals surface area contributed by atoms with Crippen molar-refractivity contribution in [2.24, 2.45) is 0 Å². The molecule has 0 radical (unpaired) electrons. The van der Waals surface area contributed by atoms with Gasteiger partial charge in [0.2, 0.25) is 0 Å². The molecular formula is C19H23N5O3. The van der Waals surface area contributed by atoms with Crippen LogP contribution in [-0.2, 0) is 17.7 Å². The Bertz CT molecular complexity index is 870. The second-order valence-electron chi connectivity index (χ2n) is 6.79. The number of amides is 2. The highest BCUT2D eigenvalue weighted by atomic mass is 16.5. The predicted molar refractivity (Wildman–Crippen MR) is 99.9 cm³/mol. The van der Waals surface area contributed by atoms with E-state index < -0.39 is 0 Å². The summed E-state index contributed by atoms with van der Waals surface area (Å²) in [6, 6.07) is 5.39. The van der Waals surface area contributed by atoms with Gasteiger partial charge in [-0.05, 0) is 24.6 Å². The minimum atomic E-state index is -0.268. The van der Waals surface area contributed by atoms with Crippen LogP contribution in [0.3, 0.4) is 0 Å². The first-order valence-corrected chi connectivity index (χ1v) is 9.20. The topological polar surface area (TPSA) is 99.3 Å². The molecule has 0 spiro atoms. The van der Waals surface area contributed by atoms with Gasteiger partial charge in [-0.25, -0.2) is 0 Å². The quantitative estimate of drug-likeness (QED) is 0.752. The third-order valence-electron chi connectivity index (χ3n) is 5.13. The second-order valence-corrected chi connectivity index (χ2v) is 6.79. The highest BCUT2D eigenvalue weighted by molar-refractivity contribution is 6.06. The summed E-state index contributed by atoms with van der Waals surface area (Å²) in [5.41, 5.74) is 4.30. The van der Waals surface area contributed by atoms with Crippen LogP contribution in [0.4, 0.5) is 5.69 Å². The lowest BCUT2D eigenvalue weighted by Crippen LogP contribution is -2.41. The first-order chi connectivity index (χ1) is 13.1. The maximum atomic E-state index is 12.8. The standard InChI is InChI=1S/C19H23N5O3/c1-12-13(19(26)24-7-9-27-10-8-24)3-2-4-15(12)21-18(25)17-14-11-20-6-5-16(14)22-23-17/h2-4,20H,5-11H2,1H3,(H,21,25)(H,22,23). The number of carbonyl (C=O) groups excluding carboxylic acids is 2. The van der Waals surface area contributed by atoms with E-state index in [9.17, 15) is 9.59 Å². The van der Waals surface area contributed by atoms with Crippen LogP contribution in [0.2, 0.25) is 0 Å². The molecule has 0 aliphatic carbocycles. The van der Waals surface area contributed by atoms with Crippen LogP contribution in [0.5, 0.6) is 0 Å². The van der Waals surface area contributed by atoms with Gasteiger partial charge in [0.05, 0.1) is 13.2 Å². The second kappa shape index (κ2) is 7.50. The van der Waals surface area contributed by atoms with Crippen molar-refractivity contribution in [2.75, 3.05) is 38.2 Å². The molecule has 2 aliphatic rings. The molecule has 8 nitrogen and oxygen atoms in total. The summed E-state index contributed by atoms with van der Waals surface area (Å²) in [6.45, 7) is 5.64. The van der Waals surface area contributed by atoms with Crippen molar-refractivity contribution in [3.8, 4) is 0 Å². The van der Waals surface area contributed by atoms with Crippen molar-refractivity contribution in [1.82, 2.24) is 20.4 Å². The summed E-state index contributed by atoms with van der Waals surface area (Å²) in [5.74, 6) is -0.302. The number of benzene rings is 1. The Morgan fingerprint density at radius 1 is 1.26 bits per heavy atom. The molecule has 1 aromatic carbocycles. The SMILES string of the molecule is Cc1c(NC(=O)c2n[nH]c3c2CNCC3)cccc1C(=O)N1CCOCC1. The summed E-state index contributed by atoms with van der Waals surface area (Å²) in [4.78, 5) is 27.3. The minimum absolute atomic E-state index is 0.0340. The molecule has 1 fully saturated rings. The van der Waals surface area contributed by atoms with Crippen molar-refractivity contribution < 1.29 is 14.3 Å². The summed E-state index contributed by atoms with van der Waals surface area (Å²) in [6.07, 6.45) is 0.832. The molecule has 2 amide bonds. The molecule has 0 bridgehead atoms. The van der Waals surface area contributed by atoms with E-state index in [1.165, 1.54) is 0 Å². The normalized spacial score (nSPS) is 16.7. The molecule has 2 aromatic rings. The summed E-state index contributed by atoms with van der Waals surface area (Å²) >= 11 is 0. The molecule has 142 valence electrons. The molecule has 3 N–H and O–H groups in total. The van der Waals surface area contributed by atoms with Crippen molar-refractivity contribution in [1.29, 1.82) is 0 Å². The Labute approximate surface area is 157 Å². The Hall–Kier alpha value is -2.71. The summed E-state index contributed by atoms with van der Waals surface area (Å²) < 4.78 is 5.31. The van der Waals surface area contributed by atoms with Crippen LogP contribution in [0.15, 0.2) is 18.2 Å². The highest BCUT2D eigenvalue weighted by Gasteiger charge is 2.24. The number of aromatic amines is 1. The Kier molecular flexibility index (Phi) is 4.91. The molecule has 27 heavy (non-hydrogen) atoms. The number of H-pyrrole nitrogens is 1. The predicted octanol–water partition coefficient (Wildman–Crippen LogP) is 1.09. The van der Waals surface area contributed by atoms with Crippen molar-refractivity contribution >= 4 is 17.5 Å². The number of carbonyl (C=O) groups is 2. The van der Waals surface area contributed by atoms with Crippen LogP contribution < -0.4 is 10.6 Å². The molecule has 0 unspecified atom stereocenters. The number of nitrogens with zero attached hydrogens (tertiary/aromatic N) is 2. The van der Waals surface area contributed by atoms with Crippen LogP contribution in [0, 0.1) is 6.92 Å². The number of morpholine rings is 1. The molecule has 3 heterocycles. The molecule has 2 aliphatic heterocycles. The van der Waals surface area contributed by atoms with Crippen LogP contribution in [0.1, 0.15) is 37.7 Å². The third kappa shape index (κ3) is 3.45. The Balaban J connectivity index is 1.55. The van der Waals surface area contributed by atoms with Gasteiger partial charge in [0.25, 0.3) is 11.8 Å². The van der Waals surface area contributed by atoms with Crippen LogP contribution in [0.25, 0.3) is 0 Å². The van der Waals surface area contributed by atoms with Gasteiger partial charge in [-0.3, -0.25) is 14.7 Å². The van der Waals surface area contributed by atoms with E-state index in [0.29, 0.717) is 49.8 Å². The average Bonchev–Trinajstić information content (AvgIpc) is 3.14. The van der Waals surface area contributed by atoms with Gasteiger partial charge in [-0.2, -0.15) is 5.10 Å². The zero-order valence-electron chi connectivity index (χ0n) is 15.3. The van der Waals surface area contributed by atoms with E-state index in [0.717, 1.165) is 29.8 Å².